The van der Waals surface area contributed by atoms with E-state index in [1.165, 1.54) is 19.1 Å². The third-order valence-electron chi connectivity index (χ3n) is 5.28. The number of nitrogens with two attached hydrogens (primary N) is 1. The molecule has 0 amide bonds. The number of carbonyl (C=O) groups is 2. The highest BCUT2D eigenvalue weighted by Gasteiger charge is 2.43. The molecule has 0 radical (unpaired) electrons. The van der Waals surface area contributed by atoms with Crippen molar-refractivity contribution in [2.45, 2.75) is 19.3 Å². The molecule has 1 aliphatic rings. The molecule has 1 heterocycles. The molecule has 3 rings (SSSR count). The summed E-state index contributed by atoms with van der Waals surface area (Å²) in [7, 11) is 2.44. The van der Waals surface area contributed by atoms with Crippen molar-refractivity contribution in [1.29, 1.82) is 5.26 Å². The highest BCUT2D eigenvalue weighted by molar-refractivity contribution is 9.10. The second-order valence-electron chi connectivity index (χ2n) is 6.96. The van der Waals surface area contributed by atoms with E-state index in [9.17, 15) is 14.9 Å². The zero-order valence-corrected chi connectivity index (χ0v) is 19.5. The van der Waals surface area contributed by atoms with E-state index in [0.717, 1.165) is 10.0 Å². The van der Waals surface area contributed by atoms with Gasteiger partial charge in [0.25, 0.3) is 0 Å². The first-order valence-corrected chi connectivity index (χ1v) is 10.6. The zero-order valence-electron chi connectivity index (χ0n) is 17.9. The fraction of sp³-hybridized carbons (Fsp3) is 0.208. The summed E-state index contributed by atoms with van der Waals surface area (Å²) < 4.78 is 11.0. The number of methoxy groups -OCH3 is 2. The summed E-state index contributed by atoms with van der Waals surface area (Å²) in [5.41, 5.74) is 8.61. The number of benzene rings is 2. The Bertz CT molecular complexity index is 1170. The minimum Gasteiger partial charge on any atom is -0.466 e. The molecule has 2 aromatic carbocycles. The van der Waals surface area contributed by atoms with E-state index >= 15 is 0 Å². The second-order valence-corrected chi connectivity index (χ2v) is 7.82. The van der Waals surface area contributed by atoms with Crippen LogP contribution in [0.5, 0.6) is 0 Å². The summed E-state index contributed by atoms with van der Waals surface area (Å²) in [6.45, 7) is 1.99. The maximum absolute atomic E-state index is 13.0. The van der Waals surface area contributed by atoms with Crippen molar-refractivity contribution in [3.8, 4) is 6.07 Å². The van der Waals surface area contributed by atoms with E-state index in [1.54, 1.807) is 30.3 Å². The smallest absolute Gasteiger partial charge is 0.355 e. The van der Waals surface area contributed by atoms with Crippen LogP contribution in [0.4, 0.5) is 5.69 Å². The standard InChI is InChI=1S/C24H22BrN3O4/c1-4-14-12-16(10-11-18(14)25)28-21(24(30)32-3)20(23(29)31-2)19(17(13-26)22(28)27)15-8-6-5-7-9-15/h5-12,19H,4,27H2,1-3H3. The van der Waals surface area contributed by atoms with Crippen LogP contribution in [0, 0.1) is 11.3 Å². The van der Waals surface area contributed by atoms with E-state index in [-0.39, 0.29) is 22.7 Å². The molecule has 2 aromatic rings. The number of aryl methyl sites for hydroxylation is 1. The lowest BCUT2D eigenvalue weighted by Crippen LogP contribution is -2.40. The van der Waals surface area contributed by atoms with Gasteiger partial charge < -0.3 is 15.2 Å². The molecule has 32 heavy (non-hydrogen) atoms. The maximum atomic E-state index is 13.0. The Balaban J connectivity index is 2.41. The molecule has 1 unspecified atom stereocenters. The number of halogens is 1. The lowest BCUT2D eigenvalue weighted by molar-refractivity contribution is -0.139. The van der Waals surface area contributed by atoms with Gasteiger partial charge in [-0.3, -0.25) is 4.90 Å². The van der Waals surface area contributed by atoms with E-state index in [4.69, 9.17) is 15.2 Å². The monoisotopic (exact) mass is 495 g/mol. The van der Waals surface area contributed by atoms with E-state index in [2.05, 4.69) is 22.0 Å². The van der Waals surface area contributed by atoms with Crippen LogP contribution in [0.15, 0.2) is 75.7 Å². The summed E-state index contributed by atoms with van der Waals surface area (Å²) in [6, 6.07) is 16.4. The Hall–Kier alpha value is -3.57. The molecule has 0 bridgehead atoms. The van der Waals surface area contributed by atoms with Crippen LogP contribution in [-0.2, 0) is 25.5 Å². The number of hydrogen-bond acceptors (Lipinski definition) is 7. The van der Waals surface area contributed by atoms with Gasteiger partial charge in [0.1, 0.15) is 11.5 Å². The van der Waals surface area contributed by atoms with Gasteiger partial charge in [-0.1, -0.05) is 53.2 Å². The molecule has 0 saturated carbocycles. The normalized spacial score (nSPS) is 16.0. The van der Waals surface area contributed by atoms with E-state index in [1.807, 2.05) is 25.1 Å². The number of esters is 2. The minimum absolute atomic E-state index is 0.0164. The highest BCUT2D eigenvalue weighted by atomic mass is 79.9. The molecule has 0 spiro atoms. The molecule has 0 aliphatic carbocycles. The first-order valence-electron chi connectivity index (χ1n) is 9.83. The van der Waals surface area contributed by atoms with Gasteiger partial charge in [0.2, 0.25) is 0 Å². The molecule has 1 aliphatic heterocycles. The van der Waals surface area contributed by atoms with Crippen LogP contribution >= 0.6 is 15.9 Å². The molecule has 164 valence electrons. The van der Waals surface area contributed by atoms with Gasteiger partial charge in [0.15, 0.2) is 0 Å². The summed E-state index contributed by atoms with van der Waals surface area (Å²) in [4.78, 5) is 27.4. The molecule has 7 nitrogen and oxygen atoms in total. The van der Waals surface area contributed by atoms with Gasteiger partial charge in [-0.15, -0.1) is 0 Å². The van der Waals surface area contributed by atoms with Crippen LogP contribution in [0.25, 0.3) is 0 Å². The molecule has 0 fully saturated rings. The highest BCUT2D eigenvalue weighted by Crippen LogP contribution is 2.43. The average molecular weight is 496 g/mol. The number of carbonyl (C=O) groups excluding carboxylic acids is 2. The Morgan fingerprint density at radius 1 is 1.12 bits per heavy atom. The van der Waals surface area contributed by atoms with Gasteiger partial charge in [-0.25, -0.2) is 9.59 Å². The quantitative estimate of drug-likeness (QED) is 0.626. The van der Waals surface area contributed by atoms with Crippen LogP contribution in [0.1, 0.15) is 24.0 Å². The first kappa shape index (κ1) is 23.1. The second kappa shape index (κ2) is 9.71. The van der Waals surface area contributed by atoms with Crippen LogP contribution < -0.4 is 10.6 Å². The molecule has 1 atom stereocenters. The predicted molar refractivity (Wildman–Crippen MR) is 123 cm³/mol. The van der Waals surface area contributed by atoms with E-state index in [0.29, 0.717) is 17.7 Å². The van der Waals surface area contributed by atoms with Crippen molar-refractivity contribution in [3.63, 3.8) is 0 Å². The molecular formula is C24H22BrN3O4. The molecule has 2 N–H and O–H groups in total. The predicted octanol–water partition coefficient (Wildman–Crippen LogP) is 3.91. The molecule has 0 saturated heterocycles. The molecule has 8 heteroatoms. The average Bonchev–Trinajstić information content (AvgIpc) is 2.83. The van der Waals surface area contributed by atoms with Gasteiger partial charge in [0, 0.05) is 10.2 Å². The maximum Gasteiger partial charge on any atom is 0.355 e. The van der Waals surface area contributed by atoms with Gasteiger partial charge in [-0.2, -0.15) is 5.26 Å². The number of anilines is 1. The van der Waals surface area contributed by atoms with Crippen molar-refractivity contribution >= 4 is 33.6 Å². The van der Waals surface area contributed by atoms with Crippen LogP contribution in [0.2, 0.25) is 0 Å². The third kappa shape index (κ3) is 3.99. The van der Waals surface area contributed by atoms with Crippen molar-refractivity contribution in [2.75, 3.05) is 19.1 Å². The lowest BCUT2D eigenvalue weighted by Gasteiger charge is -2.36. The Kier molecular flexibility index (Phi) is 7.01. The number of hydrogen-bond donors (Lipinski definition) is 1. The van der Waals surface area contributed by atoms with Crippen LogP contribution in [-0.4, -0.2) is 26.2 Å². The lowest BCUT2D eigenvalue weighted by atomic mass is 9.81. The summed E-state index contributed by atoms with van der Waals surface area (Å²) in [5, 5.41) is 10.0. The fourth-order valence-electron chi connectivity index (χ4n) is 3.75. The van der Waals surface area contributed by atoms with Crippen molar-refractivity contribution in [3.05, 3.63) is 86.8 Å². The van der Waals surface area contributed by atoms with Gasteiger partial charge in [0.05, 0.1) is 37.4 Å². The number of nitriles is 1. The topological polar surface area (TPSA) is 106 Å². The largest absolute Gasteiger partial charge is 0.466 e. The Morgan fingerprint density at radius 2 is 1.78 bits per heavy atom. The third-order valence-corrected chi connectivity index (χ3v) is 6.05. The molecular weight excluding hydrogens is 474 g/mol. The summed E-state index contributed by atoms with van der Waals surface area (Å²) in [5.74, 6) is -2.37. The van der Waals surface area contributed by atoms with E-state index < -0.39 is 17.9 Å². The van der Waals surface area contributed by atoms with Crippen LogP contribution in [0.3, 0.4) is 0 Å². The number of nitrogens with zero attached hydrogens (tertiary/aromatic N) is 2. The van der Waals surface area contributed by atoms with Crippen molar-refractivity contribution < 1.29 is 19.1 Å². The van der Waals surface area contributed by atoms with Gasteiger partial charge in [-0.05, 0) is 35.7 Å². The Labute approximate surface area is 194 Å². The first-order chi connectivity index (χ1) is 15.4. The number of allylic oxidation sites excluding steroid dienone is 1. The fourth-order valence-corrected chi connectivity index (χ4v) is 4.28. The number of rotatable bonds is 5. The minimum atomic E-state index is -0.889. The Morgan fingerprint density at radius 3 is 2.34 bits per heavy atom. The summed E-state index contributed by atoms with van der Waals surface area (Å²) in [6.07, 6.45) is 0.713. The summed E-state index contributed by atoms with van der Waals surface area (Å²) >= 11 is 3.51. The zero-order chi connectivity index (χ0) is 23.4. The molecule has 0 aromatic heterocycles. The van der Waals surface area contributed by atoms with Gasteiger partial charge >= 0.3 is 11.9 Å². The SMILES string of the molecule is CCc1cc(N2C(N)=C(C#N)C(c3ccccc3)C(C(=O)OC)=C2C(=O)OC)ccc1Br. The van der Waals surface area contributed by atoms with Crippen molar-refractivity contribution in [1.82, 2.24) is 0 Å². The number of ether oxygens (including phenoxy) is 2. The van der Waals surface area contributed by atoms with Crippen molar-refractivity contribution in [2.24, 2.45) is 5.73 Å².